The molecular weight excluding hydrogens is 374 g/mol. The number of nitrogens with zero attached hydrogens (tertiary/aromatic N) is 2. The predicted molar refractivity (Wildman–Crippen MR) is 117 cm³/mol. The molecule has 1 heterocycles. The second-order valence-corrected chi connectivity index (χ2v) is 7.17. The second-order valence-electron chi connectivity index (χ2n) is 6.80. The number of methoxy groups -OCH3 is 1. The van der Waals surface area contributed by atoms with Crippen LogP contribution >= 0.6 is 11.6 Å². The first-order valence-electron chi connectivity index (χ1n) is 10.1. The highest BCUT2D eigenvalue weighted by molar-refractivity contribution is 6.17. The van der Waals surface area contributed by atoms with Gasteiger partial charge < -0.3 is 14.8 Å². The third-order valence-electron chi connectivity index (χ3n) is 4.88. The van der Waals surface area contributed by atoms with Crippen LogP contribution in [0, 0.1) is 6.92 Å². The van der Waals surface area contributed by atoms with Crippen molar-refractivity contribution in [3.63, 3.8) is 0 Å². The van der Waals surface area contributed by atoms with Crippen LogP contribution in [0.15, 0.2) is 24.3 Å². The summed E-state index contributed by atoms with van der Waals surface area (Å²) in [4.78, 5) is 9.53. The van der Waals surface area contributed by atoms with Crippen LogP contribution < -0.4 is 14.8 Å². The van der Waals surface area contributed by atoms with Crippen molar-refractivity contribution in [3.05, 3.63) is 30.0 Å². The first-order valence-corrected chi connectivity index (χ1v) is 10.6. The number of para-hydroxylation sites is 1. The molecule has 0 radical (unpaired) electrons. The van der Waals surface area contributed by atoms with E-state index >= 15 is 0 Å². The number of aromatic nitrogens is 2. The molecule has 0 fully saturated rings. The summed E-state index contributed by atoms with van der Waals surface area (Å²) in [5.41, 5.74) is 2.51. The van der Waals surface area contributed by atoms with Crippen LogP contribution in [0.4, 0.5) is 5.82 Å². The summed E-state index contributed by atoms with van der Waals surface area (Å²) >= 11 is 5.92. The number of rotatable bonds is 11. The number of nitrogens with one attached hydrogen (secondary N) is 1. The van der Waals surface area contributed by atoms with E-state index in [4.69, 9.17) is 31.0 Å². The van der Waals surface area contributed by atoms with Crippen molar-refractivity contribution in [1.82, 2.24) is 9.97 Å². The minimum Gasteiger partial charge on any atom is -0.490 e. The molecule has 6 heteroatoms. The zero-order chi connectivity index (χ0) is 20.5. The van der Waals surface area contributed by atoms with E-state index in [2.05, 4.69) is 26.1 Å². The number of alkyl halides is 1. The van der Waals surface area contributed by atoms with Crippen LogP contribution in [0.2, 0.25) is 0 Å². The van der Waals surface area contributed by atoms with Gasteiger partial charge in [-0.2, -0.15) is 0 Å². The summed E-state index contributed by atoms with van der Waals surface area (Å²) in [7, 11) is 1.62. The molecule has 5 nitrogen and oxygen atoms in total. The van der Waals surface area contributed by atoms with E-state index in [1.54, 1.807) is 7.11 Å². The molecular formula is C22H32ClN3O2. The lowest BCUT2D eigenvalue weighted by Gasteiger charge is -2.21. The van der Waals surface area contributed by atoms with Crippen LogP contribution in [-0.2, 0) is 0 Å². The maximum atomic E-state index is 6.24. The monoisotopic (exact) mass is 405 g/mol. The van der Waals surface area contributed by atoms with Gasteiger partial charge in [0.25, 0.3) is 5.88 Å². The minimum absolute atomic E-state index is 0.0737. The van der Waals surface area contributed by atoms with Gasteiger partial charge >= 0.3 is 0 Å². The molecule has 28 heavy (non-hydrogen) atoms. The molecule has 1 atom stereocenters. The fourth-order valence-corrected chi connectivity index (χ4v) is 3.34. The molecule has 1 N–H and O–H groups in total. The van der Waals surface area contributed by atoms with Crippen molar-refractivity contribution in [2.24, 2.45) is 0 Å². The Hall–Kier alpha value is -2.01. The molecule has 2 aromatic rings. The number of hydrogen-bond donors (Lipinski definition) is 1. The Morgan fingerprint density at radius 3 is 2.39 bits per heavy atom. The molecule has 0 aliphatic heterocycles. The van der Waals surface area contributed by atoms with E-state index in [0.29, 0.717) is 23.6 Å². The fourth-order valence-electron chi connectivity index (χ4n) is 3.09. The quantitative estimate of drug-likeness (QED) is 0.475. The fraction of sp³-hybridized carbons (Fsp3) is 0.545. The Balaban J connectivity index is 2.43. The molecule has 2 rings (SSSR count). The Kier molecular flexibility index (Phi) is 8.84. The smallest absolute Gasteiger partial charge is 0.257 e. The number of hydrogen-bond acceptors (Lipinski definition) is 5. The third kappa shape index (κ3) is 5.51. The van der Waals surface area contributed by atoms with E-state index in [-0.39, 0.29) is 6.10 Å². The maximum Gasteiger partial charge on any atom is 0.257 e. The highest BCUT2D eigenvalue weighted by atomic mass is 35.5. The maximum absolute atomic E-state index is 6.24. The molecule has 154 valence electrons. The average Bonchev–Trinajstić information content (AvgIpc) is 2.72. The summed E-state index contributed by atoms with van der Waals surface area (Å²) < 4.78 is 11.8. The first-order chi connectivity index (χ1) is 13.6. The van der Waals surface area contributed by atoms with Crippen molar-refractivity contribution >= 4 is 17.4 Å². The molecule has 0 aliphatic carbocycles. The van der Waals surface area contributed by atoms with Crippen molar-refractivity contribution in [3.8, 4) is 22.9 Å². The van der Waals surface area contributed by atoms with Gasteiger partial charge in [-0.15, -0.1) is 11.6 Å². The van der Waals surface area contributed by atoms with Crippen molar-refractivity contribution < 1.29 is 9.47 Å². The van der Waals surface area contributed by atoms with Gasteiger partial charge in [-0.1, -0.05) is 32.9 Å². The third-order valence-corrected chi connectivity index (χ3v) is 5.10. The molecule has 0 spiro atoms. The standard InChI is InChI=1S/C22H32ClN3O2/c1-6-16(7-2)25-21-22(27-5)26-20(15(4)24-21)18-11-9-10-12-19(18)28-17(8-3)13-14-23/h9-12,16-17H,6-8,13-14H2,1-5H3,(H,24,25). The van der Waals surface area contributed by atoms with Gasteiger partial charge in [0.15, 0.2) is 5.82 Å². The molecule has 1 aromatic carbocycles. The van der Waals surface area contributed by atoms with Gasteiger partial charge in [0.05, 0.1) is 24.6 Å². The van der Waals surface area contributed by atoms with Gasteiger partial charge in [-0.3, -0.25) is 0 Å². The zero-order valence-electron chi connectivity index (χ0n) is 17.6. The molecule has 0 bridgehead atoms. The van der Waals surface area contributed by atoms with Gasteiger partial charge in [-0.25, -0.2) is 9.97 Å². The van der Waals surface area contributed by atoms with Crippen molar-refractivity contribution in [2.45, 2.75) is 65.5 Å². The number of aryl methyl sites for hydroxylation is 1. The normalized spacial score (nSPS) is 12.1. The Labute approximate surface area is 173 Å². The molecule has 0 amide bonds. The van der Waals surface area contributed by atoms with E-state index in [0.717, 1.165) is 48.4 Å². The van der Waals surface area contributed by atoms with Gasteiger partial charge in [0.1, 0.15) is 5.75 Å². The van der Waals surface area contributed by atoms with E-state index in [1.165, 1.54) is 0 Å². The van der Waals surface area contributed by atoms with E-state index in [9.17, 15) is 0 Å². The van der Waals surface area contributed by atoms with Crippen LogP contribution in [0.1, 0.15) is 52.1 Å². The Morgan fingerprint density at radius 2 is 1.79 bits per heavy atom. The number of halogens is 1. The summed E-state index contributed by atoms with van der Waals surface area (Å²) in [5.74, 6) is 2.54. The van der Waals surface area contributed by atoms with Gasteiger partial charge in [0.2, 0.25) is 0 Å². The predicted octanol–water partition coefficient (Wildman–Crippen LogP) is 5.85. The molecule has 0 aliphatic rings. The van der Waals surface area contributed by atoms with E-state index in [1.807, 2.05) is 31.2 Å². The van der Waals surface area contributed by atoms with Crippen molar-refractivity contribution in [1.29, 1.82) is 0 Å². The van der Waals surface area contributed by atoms with E-state index < -0.39 is 0 Å². The SMILES string of the molecule is CCC(CC)Nc1nc(C)c(-c2ccccc2OC(CC)CCCl)nc1OC. The lowest BCUT2D eigenvalue weighted by molar-refractivity contribution is 0.194. The summed E-state index contributed by atoms with van der Waals surface area (Å²) in [5, 5.41) is 3.45. The summed E-state index contributed by atoms with van der Waals surface area (Å²) in [6, 6.07) is 8.26. The number of ether oxygens (including phenoxy) is 2. The lowest BCUT2D eigenvalue weighted by Crippen LogP contribution is -2.19. The van der Waals surface area contributed by atoms with Gasteiger partial charge in [0, 0.05) is 17.5 Å². The Bertz CT molecular complexity index is 751. The number of anilines is 1. The molecule has 1 aromatic heterocycles. The number of benzene rings is 1. The largest absolute Gasteiger partial charge is 0.490 e. The minimum atomic E-state index is 0.0737. The van der Waals surface area contributed by atoms with Crippen LogP contribution in [-0.4, -0.2) is 35.1 Å². The average molecular weight is 406 g/mol. The topological polar surface area (TPSA) is 56.3 Å². The van der Waals surface area contributed by atoms with Crippen LogP contribution in [0.5, 0.6) is 11.6 Å². The second kappa shape index (κ2) is 11.1. The zero-order valence-corrected chi connectivity index (χ0v) is 18.3. The lowest BCUT2D eigenvalue weighted by atomic mass is 10.1. The highest BCUT2D eigenvalue weighted by Crippen LogP contribution is 2.34. The highest BCUT2D eigenvalue weighted by Gasteiger charge is 2.19. The first kappa shape index (κ1) is 22.3. The van der Waals surface area contributed by atoms with Crippen LogP contribution in [0.3, 0.4) is 0 Å². The molecule has 0 saturated heterocycles. The molecule has 1 unspecified atom stereocenters. The van der Waals surface area contributed by atoms with Crippen molar-refractivity contribution in [2.75, 3.05) is 18.3 Å². The summed E-state index contributed by atoms with van der Waals surface area (Å²) in [6.07, 6.45) is 3.80. The molecule has 0 saturated carbocycles. The Morgan fingerprint density at radius 1 is 1.07 bits per heavy atom. The summed E-state index contributed by atoms with van der Waals surface area (Å²) in [6.45, 7) is 8.38. The van der Waals surface area contributed by atoms with Crippen LogP contribution in [0.25, 0.3) is 11.3 Å². The van der Waals surface area contributed by atoms with Gasteiger partial charge in [-0.05, 0) is 44.7 Å².